The number of amides is 3. The molecule has 2 rings (SSSR count). The Labute approximate surface area is 118 Å². The van der Waals surface area contributed by atoms with Crippen molar-refractivity contribution in [2.45, 2.75) is 13.3 Å². The van der Waals surface area contributed by atoms with E-state index in [1.807, 2.05) is 6.92 Å². The van der Waals surface area contributed by atoms with Gasteiger partial charge in [0, 0.05) is 45.7 Å². The minimum Gasteiger partial charge on any atom is -0.378 e. The summed E-state index contributed by atoms with van der Waals surface area (Å²) in [4.78, 5) is 40.6. The summed E-state index contributed by atoms with van der Waals surface area (Å²) in [6.45, 7) is 5.61. The van der Waals surface area contributed by atoms with E-state index in [9.17, 15) is 14.4 Å². The third-order valence-electron chi connectivity index (χ3n) is 3.70. The van der Waals surface area contributed by atoms with Gasteiger partial charge in [0.1, 0.15) is 0 Å². The minimum absolute atomic E-state index is 0.0941. The molecule has 112 valence electrons. The number of hydrogen-bond acceptors (Lipinski definition) is 4. The topological polar surface area (TPSA) is 70.2 Å². The Morgan fingerprint density at radius 3 is 1.75 bits per heavy atom. The van der Waals surface area contributed by atoms with Crippen LogP contribution in [0.5, 0.6) is 0 Å². The quantitative estimate of drug-likeness (QED) is 0.574. The predicted molar refractivity (Wildman–Crippen MR) is 70.9 cm³/mol. The van der Waals surface area contributed by atoms with Crippen LogP contribution in [-0.2, 0) is 19.1 Å². The normalized spacial score (nSPS) is 19.9. The van der Waals surface area contributed by atoms with E-state index in [2.05, 4.69) is 0 Å². The highest BCUT2D eigenvalue weighted by molar-refractivity contribution is 6.34. The number of ether oxygens (including phenoxy) is 1. The van der Waals surface area contributed by atoms with Gasteiger partial charge in [0.2, 0.25) is 5.91 Å². The van der Waals surface area contributed by atoms with Gasteiger partial charge >= 0.3 is 11.8 Å². The molecule has 7 heteroatoms. The molecule has 2 aliphatic heterocycles. The lowest BCUT2D eigenvalue weighted by atomic mass is 10.2. The van der Waals surface area contributed by atoms with Crippen LogP contribution in [0.2, 0.25) is 0 Å². The fourth-order valence-corrected chi connectivity index (χ4v) is 2.42. The first-order chi connectivity index (χ1) is 9.63. The average molecular weight is 283 g/mol. The number of rotatable bonds is 1. The number of morpholine rings is 1. The highest BCUT2D eigenvalue weighted by Crippen LogP contribution is 2.06. The largest absolute Gasteiger partial charge is 0.378 e. The molecule has 0 radical (unpaired) electrons. The maximum atomic E-state index is 12.1. The zero-order chi connectivity index (χ0) is 14.5. The molecule has 3 amide bonds. The second-order valence-corrected chi connectivity index (χ2v) is 4.93. The molecule has 2 saturated heterocycles. The SMILES string of the molecule is CCC(=O)N1CCN(C(=O)C(=O)N2CCOCC2)CC1. The van der Waals surface area contributed by atoms with Crippen molar-refractivity contribution in [1.29, 1.82) is 0 Å². The van der Waals surface area contributed by atoms with Crippen molar-refractivity contribution in [2.24, 2.45) is 0 Å². The Bertz CT molecular complexity index is 385. The lowest BCUT2D eigenvalue weighted by Crippen LogP contribution is -2.55. The Hall–Kier alpha value is -1.63. The van der Waals surface area contributed by atoms with Crippen LogP contribution in [0, 0.1) is 0 Å². The van der Waals surface area contributed by atoms with Gasteiger partial charge < -0.3 is 19.4 Å². The highest BCUT2D eigenvalue weighted by atomic mass is 16.5. The van der Waals surface area contributed by atoms with Crippen LogP contribution in [0.1, 0.15) is 13.3 Å². The summed E-state index contributed by atoms with van der Waals surface area (Å²) in [5, 5.41) is 0. The van der Waals surface area contributed by atoms with Crippen LogP contribution in [0.4, 0.5) is 0 Å². The van der Waals surface area contributed by atoms with Crippen molar-refractivity contribution in [1.82, 2.24) is 14.7 Å². The zero-order valence-corrected chi connectivity index (χ0v) is 11.8. The molecule has 0 spiro atoms. The molecule has 0 aliphatic carbocycles. The van der Waals surface area contributed by atoms with Crippen molar-refractivity contribution in [3.05, 3.63) is 0 Å². The summed E-state index contributed by atoms with van der Waals surface area (Å²) in [6, 6.07) is 0. The van der Waals surface area contributed by atoms with Gasteiger partial charge in [0.25, 0.3) is 0 Å². The summed E-state index contributed by atoms with van der Waals surface area (Å²) in [5.41, 5.74) is 0. The van der Waals surface area contributed by atoms with Crippen molar-refractivity contribution >= 4 is 17.7 Å². The highest BCUT2D eigenvalue weighted by Gasteiger charge is 2.30. The van der Waals surface area contributed by atoms with Crippen LogP contribution in [0.25, 0.3) is 0 Å². The molecule has 2 aliphatic rings. The standard InChI is InChI=1S/C13H21N3O4/c1-2-11(17)14-3-5-15(6-4-14)12(18)13(19)16-7-9-20-10-8-16/h2-10H2,1H3. The van der Waals surface area contributed by atoms with Crippen LogP contribution in [0.15, 0.2) is 0 Å². The minimum atomic E-state index is -0.463. The molecule has 2 fully saturated rings. The number of piperazine rings is 1. The monoisotopic (exact) mass is 283 g/mol. The van der Waals surface area contributed by atoms with Gasteiger partial charge in [-0.05, 0) is 0 Å². The van der Waals surface area contributed by atoms with Crippen molar-refractivity contribution in [3.8, 4) is 0 Å². The van der Waals surface area contributed by atoms with Gasteiger partial charge in [-0.2, -0.15) is 0 Å². The lowest BCUT2D eigenvalue weighted by molar-refractivity contribution is -0.155. The van der Waals surface area contributed by atoms with Gasteiger partial charge in [-0.3, -0.25) is 14.4 Å². The number of hydrogen-bond donors (Lipinski definition) is 0. The second-order valence-electron chi connectivity index (χ2n) is 4.93. The Balaban J connectivity index is 1.84. The fraction of sp³-hybridized carbons (Fsp3) is 0.769. The summed E-state index contributed by atoms with van der Waals surface area (Å²) in [6.07, 6.45) is 0.473. The molecule has 20 heavy (non-hydrogen) atoms. The molecule has 2 heterocycles. The maximum absolute atomic E-state index is 12.1. The third kappa shape index (κ3) is 3.27. The first kappa shape index (κ1) is 14.8. The van der Waals surface area contributed by atoms with E-state index in [0.29, 0.717) is 58.9 Å². The molecular weight excluding hydrogens is 262 g/mol. The number of carbonyl (C=O) groups excluding carboxylic acids is 3. The number of carbonyl (C=O) groups is 3. The Morgan fingerprint density at radius 2 is 1.25 bits per heavy atom. The molecule has 7 nitrogen and oxygen atoms in total. The molecule has 0 saturated carbocycles. The predicted octanol–water partition coefficient (Wildman–Crippen LogP) is -1.07. The van der Waals surface area contributed by atoms with E-state index < -0.39 is 11.8 Å². The fourth-order valence-electron chi connectivity index (χ4n) is 2.42. The molecule has 0 bridgehead atoms. The second kappa shape index (κ2) is 6.69. The third-order valence-corrected chi connectivity index (χ3v) is 3.70. The van der Waals surface area contributed by atoms with E-state index >= 15 is 0 Å². The van der Waals surface area contributed by atoms with Crippen LogP contribution < -0.4 is 0 Å². The summed E-state index contributed by atoms with van der Waals surface area (Å²) in [5.74, 6) is -0.823. The average Bonchev–Trinajstić information content (AvgIpc) is 2.53. The molecule has 0 atom stereocenters. The lowest BCUT2D eigenvalue weighted by Gasteiger charge is -2.35. The van der Waals surface area contributed by atoms with Crippen LogP contribution in [0.3, 0.4) is 0 Å². The first-order valence-corrected chi connectivity index (χ1v) is 7.07. The number of nitrogens with zero attached hydrogens (tertiary/aromatic N) is 3. The molecule has 0 unspecified atom stereocenters. The van der Waals surface area contributed by atoms with E-state index in [1.165, 1.54) is 9.80 Å². The van der Waals surface area contributed by atoms with E-state index in [0.717, 1.165) is 0 Å². The van der Waals surface area contributed by atoms with Crippen LogP contribution in [-0.4, -0.2) is 84.9 Å². The molecule has 0 aromatic rings. The summed E-state index contributed by atoms with van der Waals surface area (Å²) in [7, 11) is 0. The van der Waals surface area contributed by atoms with E-state index in [4.69, 9.17) is 4.74 Å². The van der Waals surface area contributed by atoms with Gasteiger partial charge in [-0.15, -0.1) is 0 Å². The zero-order valence-electron chi connectivity index (χ0n) is 11.8. The van der Waals surface area contributed by atoms with Crippen molar-refractivity contribution in [3.63, 3.8) is 0 Å². The van der Waals surface area contributed by atoms with Gasteiger partial charge in [-0.1, -0.05) is 6.92 Å². The molecule has 0 N–H and O–H groups in total. The summed E-state index contributed by atoms with van der Waals surface area (Å²) >= 11 is 0. The van der Waals surface area contributed by atoms with Gasteiger partial charge in [0.05, 0.1) is 13.2 Å². The first-order valence-electron chi connectivity index (χ1n) is 7.07. The molecular formula is C13H21N3O4. The van der Waals surface area contributed by atoms with Gasteiger partial charge in [-0.25, -0.2) is 0 Å². The van der Waals surface area contributed by atoms with Crippen molar-refractivity contribution < 1.29 is 19.1 Å². The van der Waals surface area contributed by atoms with E-state index in [-0.39, 0.29) is 5.91 Å². The Morgan fingerprint density at radius 1 is 0.800 bits per heavy atom. The van der Waals surface area contributed by atoms with Crippen molar-refractivity contribution in [2.75, 3.05) is 52.5 Å². The smallest absolute Gasteiger partial charge is 0.312 e. The maximum Gasteiger partial charge on any atom is 0.312 e. The molecule has 0 aromatic carbocycles. The molecule has 0 aromatic heterocycles. The van der Waals surface area contributed by atoms with Gasteiger partial charge in [0.15, 0.2) is 0 Å². The van der Waals surface area contributed by atoms with E-state index in [1.54, 1.807) is 4.90 Å². The Kier molecular flexibility index (Phi) is 4.94. The van der Waals surface area contributed by atoms with Crippen LogP contribution >= 0.6 is 0 Å². The summed E-state index contributed by atoms with van der Waals surface area (Å²) < 4.78 is 5.16.